The lowest BCUT2D eigenvalue weighted by atomic mass is 10.0. The summed E-state index contributed by atoms with van der Waals surface area (Å²) in [5, 5.41) is 7.09. The Bertz CT molecular complexity index is 1450. The fourth-order valence-electron chi connectivity index (χ4n) is 4.28. The predicted molar refractivity (Wildman–Crippen MR) is 162 cm³/mol. The maximum Gasteiger partial charge on any atom is 0.410 e. The molecular formula is C30H35Cl2N5O5. The Labute approximate surface area is 255 Å². The molecule has 0 unspecified atom stereocenters. The van der Waals surface area contributed by atoms with Crippen LogP contribution >= 0.6 is 23.2 Å². The predicted octanol–water partition coefficient (Wildman–Crippen LogP) is 6.09. The number of carbonyl (C=O) groups excluding carboxylic acids is 3. The summed E-state index contributed by atoms with van der Waals surface area (Å²) in [6.45, 7) is 9.65. The lowest BCUT2D eigenvalue weighted by Gasteiger charge is -2.38. The molecule has 4 rings (SSSR count). The highest BCUT2D eigenvalue weighted by atomic mass is 35.5. The van der Waals surface area contributed by atoms with E-state index in [4.69, 9.17) is 32.7 Å². The largest absolute Gasteiger partial charge is 0.463 e. The van der Waals surface area contributed by atoms with Crippen LogP contribution in [0.25, 0.3) is 11.1 Å². The summed E-state index contributed by atoms with van der Waals surface area (Å²) in [6.07, 6.45) is 2.78. The zero-order valence-electron chi connectivity index (χ0n) is 24.2. The molecule has 1 atom stereocenters. The number of hydrogen-bond acceptors (Lipinski definition) is 7. The van der Waals surface area contributed by atoms with Gasteiger partial charge in [0.15, 0.2) is 0 Å². The number of likely N-dealkylation sites (tertiary alicyclic amines) is 1. The molecule has 0 radical (unpaired) electrons. The summed E-state index contributed by atoms with van der Waals surface area (Å²) in [4.78, 5) is 47.0. The van der Waals surface area contributed by atoms with Crippen molar-refractivity contribution in [2.24, 2.45) is 5.92 Å². The molecule has 1 saturated heterocycles. The van der Waals surface area contributed by atoms with Crippen molar-refractivity contribution >= 4 is 47.0 Å². The van der Waals surface area contributed by atoms with Gasteiger partial charge in [0.25, 0.3) is 5.91 Å². The van der Waals surface area contributed by atoms with Gasteiger partial charge >= 0.3 is 12.1 Å². The van der Waals surface area contributed by atoms with Crippen LogP contribution in [0.15, 0.2) is 48.8 Å². The van der Waals surface area contributed by atoms with E-state index in [-0.39, 0.29) is 25.7 Å². The zero-order valence-corrected chi connectivity index (χ0v) is 25.7. The number of hydrogen-bond donors (Lipinski definition) is 3. The van der Waals surface area contributed by atoms with E-state index in [1.165, 1.54) is 4.90 Å². The molecule has 0 spiro atoms. The van der Waals surface area contributed by atoms with Crippen LogP contribution in [-0.2, 0) is 14.3 Å². The van der Waals surface area contributed by atoms with Gasteiger partial charge < -0.3 is 30.0 Å². The Morgan fingerprint density at radius 1 is 1.14 bits per heavy atom. The van der Waals surface area contributed by atoms with Crippen molar-refractivity contribution in [1.82, 2.24) is 20.2 Å². The summed E-state index contributed by atoms with van der Waals surface area (Å²) < 4.78 is 10.9. The molecule has 12 heteroatoms. The average Bonchev–Trinajstić information content (AvgIpc) is 3.35. The van der Waals surface area contributed by atoms with Gasteiger partial charge in [-0.05, 0) is 64.4 Å². The first-order valence-corrected chi connectivity index (χ1v) is 14.4. The van der Waals surface area contributed by atoms with Gasteiger partial charge in [0, 0.05) is 47.7 Å². The first-order valence-electron chi connectivity index (χ1n) is 13.6. The monoisotopic (exact) mass is 615 g/mol. The number of aromatic nitrogens is 2. The van der Waals surface area contributed by atoms with Gasteiger partial charge in [0.2, 0.25) is 0 Å². The van der Waals surface area contributed by atoms with Crippen LogP contribution in [-0.4, -0.2) is 64.2 Å². The topological polar surface area (TPSA) is 126 Å². The summed E-state index contributed by atoms with van der Waals surface area (Å²) in [7, 11) is 0. The van der Waals surface area contributed by atoms with Gasteiger partial charge in [0.1, 0.15) is 23.7 Å². The third-order valence-electron chi connectivity index (χ3n) is 6.35. The van der Waals surface area contributed by atoms with E-state index >= 15 is 0 Å². The Balaban J connectivity index is 1.42. The Kier molecular flexibility index (Phi) is 9.68. The highest BCUT2D eigenvalue weighted by molar-refractivity contribution is 6.33. The van der Waals surface area contributed by atoms with Crippen LogP contribution in [0, 0.1) is 5.92 Å². The molecule has 1 aromatic carbocycles. The van der Waals surface area contributed by atoms with Crippen LogP contribution in [0.1, 0.15) is 56.7 Å². The third kappa shape index (κ3) is 8.17. The number of ether oxygens (including phenoxy) is 2. The first-order chi connectivity index (χ1) is 19.8. The highest BCUT2D eigenvalue weighted by Crippen LogP contribution is 2.30. The second-order valence-corrected chi connectivity index (χ2v) is 12.3. The fourth-order valence-corrected chi connectivity index (χ4v) is 4.69. The fraction of sp³-hybridized carbons (Fsp3) is 0.400. The van der Waals surface area contributed by atoms with Gasteiger partial charge in [-0.3, -0.25) is 9.59 Å². The standard InChI is InChI=1S/C30H35Cl2N5O5/c1-17(2)35-26-11-22(23(32)13-34-26)19-10-24(33-12-19)27(38)36-25(18-7-6-8-21(31)9-18)16-41-28(39)20-14-37(15-20)29(40)42-30(3,4)5/h6-13,17,20,25,33H,14-16H2,1-5H3,(H,34,35)(H,36,38)/t25-/m1/s1. The number of benzene rings is 1. The first kappa shape index (κ1) is 31.2. The number of halogens is 2. The molecule has 1 aliphatic heterocycles. The number of amides is 2. The molecule has 3 heterocycles. The molecule has 0 aliphatic carbocycles. The van der Waals surface area contributed by atoms with Crippen molar-refractivity contribution in [3.63, 3.8) is 0 Å². The van der Waals surface area contributed by atoms with E-state index in [1.807, 2.05) is 19.9 Å². The molecule has 2 amide bonds. The maximum atomic E-state index is 13.3. The average molecular weight is 617 g/mol. The summed E-state index contributed by atoms with van der Waals surface area (Å²) >= 11 is 12.6. The zero-order chi connectivity index (χ0) is 30.6. The van der Waals surface area contributed by atoms with Crippen molar-refractivity contribution in [1.29, 1.82) is 0 Å². The second-order valence-electron chi connectivity index (χ2n) is 11.4. The van der Waals surface area contributed by atoms with Crippen molar-refractivity contribution in [2.45, 2.75) is 52.3 Å². The number of carbonyl (C=O) groups is 3. The minimum Gasteiger partial charge on any atom is -0.463 e. The maximum absolute atomic E-state index is 13.3. The SMILES string of the molecule is CC(C)Nc1cc(-c2c[nH]c(C(=O)N[C@H](COC(=O)C3CN(C(=O)OC(C)(C)C)C3)c3cccc(Cl)c3)c2)c(Cl)cn1. The lowest BCUT2D eigenvalue weighted by molar-refractivity contribution is -0.154. The molecule has 2 aromatic heterocycles. The van der Waals surface area contributed by atoms with E-state index in [0.29, 0.717) is 38.2 Å². The molecule has 0 bridgehead atoms. The quantitative estimate of drug-likeness (QED) is 0.249. The van der Waals surface area contributed by atoms with Crippen molar-refractivity contribution in [3.8, 4) is 11.1 Å². The molecule has 3 aromatic rings. The smallest absolute Gasteiger partial charge is 0.410 e. The molecular weight excluding hydrogens is 581 g/mol. The lowest BCUT2D eigenvalue weighted by Crippen LogP contribution is -2.54. The minimum atomic E-state index is -0.680. The molecule has 224 valence electrons. The van der Waals surface area contributed by atoms with E-state index < -0.39 is 35.5 Å². The number of H-pyrrole nitrogens is 1. The number of esters is 1. The summed E-state index contributed by atoms with van der Waals surface area (Å²) in [5.74, 6) is -0.677. The van der Waals surface area contributed by atoms with Crippen LogP contribution < -0.4 is 10.6 Å². The van der Waals surface area contributed by atoms with Crippen molar-refractivity contribution in [2.75, 3.05) is 25.0 Å². The van der Waals surface area contributed by atoms with Crippen molar-refractivity contribution in [3.05, 3.63) is 70.1 Å². The number of aromatic amines is 1. The Morgan fingerprint density at radius 2 is 1.88 bits per heavy atom. The van der Waals surface area contributed by atoms with Crippen LogP contribution in [0.4, 0.5) is 10.6 Å². The molecule has 42 heavy (non-hydrogen) atoms. The van der Waals surface area contributed by atoms with Gasteiger partial charge in [-0.25, -0.2) is 9.78 Å². The Morgan fingerprint density at radius 3 is 2.55 bits per heavy atom. The van der Waals surface area contributed by atoms with E-state index in [9.17, 15) is 14.4 Å². The summed E-state index contributed by atoms with van der Waals surface area (Å²) in [5.41, 5.74) is 1.77. The van der Waals surface area contributed by atoms with Crippen LogP contribution in [0.2, 0.25) is 10.0 Å². The van der Waals surface area contributed by atoms with Gasteiger partial charge in [-0.1, -0.05) is 35.3 Å². The minimum absolute atomic E-state index is 0.123. The number of anilines is 1. The highest BCUT2D eigenvalue weighted by Gasteiger charge is 2.39. The van der Waals surface area contributed by atoms with Gasteiger partial charge in [-0.2, -0.15) is 0 Å². The van der Waals surface area contributed by atoms with E-state index in [1.54, 1.807) is 63.5 Å². The van der Waals surface area contributed by atoms with Crippen LogP contribution in [0.5, 0.6) is 0 Å². The molecule has 3 N–H and O–H groups in total. The number of nitrogens with zero attached hydrogens (tertiary/aromatic N) is 2. The molecule has 10 nitrogen and oxygen atoms in total. The number of rotatable bonds is 9. The van der Waals surface area contributed by atoms with Gasteiger partial charge in [0.05, 0.1) is 17.0 Å². The molecule has 1 fully saturated rings. The molecule has 1 aliphatic rings. The second kappa shape index (κ2) is 13.0. The Hall–Kier alpha value is -3.76. The summed E-state index contributed by atoms with van der Waals surface area (Å²) in [6, 6.07) is 9.98. The van der Waals surface area contributed by atoms with E-state index in [0.717, 1.165) is 0 Å². The third-order valence-corrected chi connectivity index (χ3v) is 6.88. The van der Waals surface area contributed by atoms with Crippen LogP contribution in [0.3, 0.4) is 0 Å². The normalized spacial score (nSPS) is 14.2. The van der Waals surface area contributed by atoms with E-state index in [2.05, 4.69) is 20.6 Å². The molecule has 0 saturated carbocycles. The number of pyridine rings is 1. The number of nitrogens with one attached hydrogen (secondary N) is 3. The van der Waals surface area contributed by atoms with Crippen molar-refractivity contribution < 1.29 is 23.9 Å². The van der Waals surface area contributed by atoms with Gasteiger partial charge in [-0.15, -0.1) is 0 Å².